The van der Waals surface area contributed by atoms with Crippen molar-refractivity contribution in [1.29, 1.82) is 0 Å². The number of allylic oxidation sites excluding steroid dienone is 1. The topological polar surface area (TPSA) is 29.5 Å². The zero-order chi connectivity index (χ0) is 7.61. The second kappa shape index (κ2) is 2.72. The summed E-state index contributed by atoms with van der Waals surface area (Å²) in [4.78, 5) is 0. The van der Waals surface area contributed by atoms with Crippen LogP contribution >= 0.6 is 0 Å². The molecule has 1 fully saturated rings. The van der Waals surface area contributed by atoms with Crippen LogP contribution in [0.1, 0.15) is 19.8 Å². The summed E-state index contributed by atoms with van der Waals surface area (Å²) in [6, 6.07) is 0. The first-order valence-corrected chi connectivity index (χ1v) is 3.59. The van der Waals surface area contributed by atoms with Crippen molar-refractivity contribution in [1.82, 2.24) is 0 Å². The van der Waals surface area contributed by atoms with Crippen molar-refractivity contribution in [2.75, 3.05) is 6.61 Å². The van der Waals surface area contributed by atoms with Crippen molar-refractivity contribution in [3.63, 3.8) is 0 Å². The Morgan fingerprint density at radius 1 is 1.90 bits per heavy atom. The Morgan fingerprint density at radius 3 is 3.00 bits per heavy atom. The number of rotatable bonds is 2. The fourth-order valence-electron chi connectivity index (χ4n) is 1.26. The van der Waals surface area contributed by atoms with Crippen LogP contribution in [0.3, 0.4) is 0 Å². The van der Waals surface area contributed by atoms with Crippen LogP contribution in [0.25, 0.3) is 0 Å². The van der Waals surface area contributed by atoms with Crippen LogP contribution in [0.4, 0.5) is 0 Å². The van der Waals surface area contributed by atoms with Gasteiger partial charge in [-0.25, -0.2) is 0 Å². The second-order valence-corrected chi connectivity index (χ2v) is 3.12. The van der Waals surface area contributed by atoms with Crippen LogP contribution in [-0.2, 0) is 4.74 Å². The number of ether oxygens (including phenoxy) is 1. The van der Waals surface area contributed by atoms with E-state index in [-0.39, 0.29) is 5.41 Å². The van der Waals surface area contributed by atoms with E-state index >= 15 is 0 Å². The normalized spacial score (nSPS) is 40.0. The molecule has 1 rings (SSSR count). The molecule has 0 aromatic carbocycles. The lowest BCUT2D eigenvalue weighted by atomic mass is 9.85. The van der Waals surface area contributed by atoms with Gasteiger partial charge in [0, 0.05) is 5.41 Å². The molecule has 0 aromatic heterocycles. The molecule has 0 spiro atoms. The standard InChI is InChI=1S/C8H14O2/c1-3-4-8(2)5-6-10-7(8)9/h3,7,9H,1,4-6H2,2H3. The number of aliphatic hydroxyl groups excluding tert-OH is 1. The highest BCUT2D eigenvalue weighted by Crippen LogP contribution is 2.36. The highest BCUT2D eigenvalue weighted by molar-refractivity contribution is 4.88. The van der Waals surface area contributed by atoms with Crippen LogP contribution < -0.4 is 0 Å². The summed E-state index contributed by atoms with van der Waals surface area (Å²) in [6.07, 6.45) is 3.00. The smallest absolute Gasteiger partial charge is 0.160 e. The molecular weight excluding hydrogens is 128 g/mol. The molecule has 10 heavy (non-hydrogen) atoms. The molecule has 0 radical (unpaired) electrons. The van der Waals surface area contributed by atoms with Gasteiger partial charge in [-0.1, -0.05) is 13.0 Å². The molecule has 1 heterocycles. The molecule has 0 amide bonds. The molecule has 1 N–H and O–H groups in total. The van der Waals surface area contributed by atoms with Gasteiger partial charge in [-0.15, -0.1) is 6.58 Å². The van der Waals surface area contributed by atoms with Gasteiger partial charge in [0.1, 0.15) is 0 Å². The number of aliphatic hydroxyl groups is 1. The summed E-state index contributed by atoms with van der Waals surface area (Å²) in [5, 5.41) is 9.31. The Bertz CT molecular complexity index is 133. The molecule has 1 saturated heterocycles. The Kier molecular flexibility index (Phi) is 2.11. The molecule has 0 bridgehead atoms. The van der Waals surface area contributed by atoms with Gasteiger partial charge in [0.25, 0.3) is 0 Å². The van der Waals surface area contributed by atoms with Crippen LogP contribution in [-0.4, -0.2) is 18.0 Å². The maximum atomic E-state index is 9.31. The van der Waals surface area contributed by atoms with Crippen LogP contribution in [0.5, 0.6) is 0 Å². The first-order valence-electron chi connectivity index (χ1n) is 3.59. The molecule has 2 unspecified atom stereocenters. The summed E-state index contributed by atoms with van der Waals surface area (Å²) in [7, 11) is 0. The summed E-state index contributed by atoms with van der Waals surface area (Å²) < 4.78 is 5.03. The van der Waals surface area contributed by atoms with Gasteiger partial charge in [-0.05, 0) is 12.8 Å². The lowest BCUT2D eigenvalue weighted by molar-refractivity contribution is -0.111. The molecule has 2 nitrogen and oxygen atoms in total. The van der Waals surface area contributed by atoms with Crippen molar-refractivity contribution in [3.8, 4) is 0 Å². The van der Waals surface area contributed by atoms with Crippen molar-refractivity contribution in [2.45, 2.75) is 26.1 Å². The minimum atomic E-state index is -0.592. The van der Waals surface area contributed by atoms with E-state index in [1.54, 1.807) is 0 Å². The van der Waals surface area contributed by atoms with Crippen molar-refractivity contribution < 1.29 is 9.84 Å². The summed E-state index contributed by atoms with van der Waals surface area (Å²) in [5.74, 6) is 0. The van der Waals surface area contributed by atoms with E-state index in [4.69, 9.17) is 4.74 Å². The predicted molar refractivity (Wildman–Crippen MR) is 39.5 cm³/mol. The van der Waals surface area contributed by atoms with Gasteiger partial charge in [0.2, 0.25) is 0 Å². The Labute approximate surface area is 61.5 Å². The lowest BCUT2D eigenvalue weighted by Gasteiger charge is -2.23. The first-order chi connectivity index (χ1) is 4.69. The van der Waals surface area contributed by atoms with Gasteiger partial charge >= 0.3 is 0 Å². The molecule has 0 saturated carbocycles. The summed E-state index contributed by atoms with van der Waals surface area (Å²) >= 11 is 0. The highest BCUT2D eigenvalue weighted by Gasteiger charge is 2.37. The fourth-order valence-corrected chi connectivity index (χ4v) is 1.26. The van der Waals surface area contributed by atoms with E-state index in [0.717, 1.165) is 12.8 Å². The second-order valence-electron chi connectivity index (χ2n) is 3.12. The fraction of sp³-hybridized carbons (Fsp3) is 0.750. The minimum absolute atomic E-state index is 0.0816. The van der Waals surface area contributed by atoms with E-state index in [1.165, 1.54) is 0 Å². The molecule has 2 atom stereocenters. The number of hydrogen-bond acceptors (Lipinski definition) is 2. The Balaban J connectivity index is 2.56. The van der Waals surface area contributed by atoms with E-state index < -0.39 is 6.29 Å². The SMILES string of the molecule is C=CCC1(C)CCOC1O. The van der Waals surface area contributed by atoms with Gasteiger partial charge in [0.15, 0.2) is 6.29 Å². The van der Waals surface area contributed by atoms with E-state index in [0.29, 0.717) is 6.61 Å². The summed E-state index contributed by atoms with van der Waals surface area (Å²) in [5.41, 5.74) is -0.0816. The molecule has 2 heteroatoms. The van der Waals surface area contributed by atoms with E-state index in [2.05, 4.69) is 6.58 Å². The molecule has 0 aliphatic carbocycles. The summed E-state index contributed by atoms with van der Waals surface area (Å²) in [6.45, 7) is 6.33. The molecule has 1 aliphatic rings. The lowest BCUT2D eigenvalue weighted by Crippen LogP contribution is -2.26. The van der Waals surface area contributed by atoms with Crippen molar-refractivity contribution in [3.05, 3.63) is 12.7 Å². The minimum Gasteiger partial charge on any atom is -0.367 e. The van der Waals surface area contributed by atoms with Crippen molar-refractivity contribution in [2.24, 2.45) is 5.41 Å². The largest absolute Gasteiger partial charge is 0.367 e. The zero-order valence-electron chi connectivity index (χ0n) is 6.34. The first kappa shape index (κ1) is 7.76. The zero-order valence-corrected chi connectivity index (χ0v) is 6.34. The van der Waals surface area contributed by atoms with Crippen LogP contribution in [0.15, 0.2) is 12.7 Å². The Morgan fingerprint density at radius 2 is 2.60 bits per heavy atom. The average molecular weight is 142 g/mol. The van der Waals surface area contributed by atoms with E-state index in [1.807, 2.05) is 13.0 Å². The average Bonchev–Trinajstić information content (AvgIpc) is 2.15. The maximum Gasteiger partial charge on any atom is 0.160 e. The van der Waals surface area contributed by atoms with Crippen LogP contribution in [0, 0.1) is 5.41 Å². The molecule has 1 aliphatic heterocycles. The van der Waals surface area contributed by atoms with Gasteiger partial charge < -0.3 is 9.84 Å². The highest BCUT2D eigenvalue weighted by atomic mass is 16.6. The van der Waals surface area contributed by atoms with Crippen LogP contribution in [0.2, 0.25) is 0 Å². The third-order valence-corrected chi connectivity index (χ3v) is 2.16. The molecular formula is C8H14O2. The number of hydrogen-bond donors (Lipinski definition) is 1. The van der Waals surface area contributed by atoms with Gasteiger partial charge in [-0.2, -0.15) is 0 Å². The third-order valence-electron chi connectivity index (χ3n) is 2.16. The monoisotopic (exact) mass is 142 g/mol. The van der Waals surface area contributed by atoms with Gasteiger partial charge in [-0.3, -0.25) is 0 Å². The van der Waals surface area contributed by atoms with E-state index in [9.17, 15) is 5.11 Å². The Hall–Kier alpha value is -0.340. The predicted octanol–water partition coefficient (Wildman–Crippen LogP) is 1.31. The third kappa shape index (κ3) is 1.22. The maximum absolute atomic E-state index is 9.31. The quantitative estimate of drug-likeness (QED) is 0.589. The van der Waals surface area contributed by atoms with Crippen molar-refractivity contribution >= 4 is 0 Å². The molecule has 0 aromatic rings. The van der Waals surface area contributed by atoms with Gasteiger partial charge in [0.05, 0.1) is 6.61 Å². The molecule has 58 valence electrons.